The normalized spacial score (nSPS) is 10.4. The summed E-state index contributed by atoms with van der Waals surface area (Å²) in [5.41, 5.74) is 2.57. The zero-order valence-electron chi connectivity index (χ0n) is 14.3. The van der Waals surface area contributed by atoms with E-state index in [1.54, 1.807) is 24.3 Å². The number of carboxylic acids is 1. The molecule has 0 heterocycles. The van der Waals surface area contributed by atoms with Gasteiger partial charge in [0, 0.05) is 17.8 Å². The molecule has 0 spiro atoms. The molecule has 4 nitrogen and oxygen atoms in total. The first kappa shape index (κ1) is 18.7. The molecule has 0 aromatic heterocycles. The molecule has 0 radical (unpaired) electrons. The Morgan fingerprint density at radius 2 is 1.81 bits per heavy atom. The van der Waals surface area contributed by atoms with Gasteiger partial charge < -0.3 is 15.2 Å². The smallest absolute Gasteiger partial charge is 0.337 e. The van der Waals surface area contributed by atoms with Gasteiger partial charge in [0.1, 0.15) is 18.2 Å². The molecular formula is C21H17ClFNO3. The van der Waals surface area contributed by atoms with Gasteiger partial charge in [0.2, 0.25) is 0 Å². The van der Waals surface area contributed by atoms with Gasteiger partial charge >= 0.3 is 5.97 Å². The second-order valence-electron chi connectivity index (χ2n) is 5.88. The number of para-hydroxylation sites is 1. The number of carbonyl (C=O) groups is 1. The van der Waals surface area contributed by atoms with Crippen LogP contribution in [0.25, 0.3) is 0 Å². The molecule has 3 aromatic rings. The lowest BCUT2D eigenvalue weighted by molar-refractivity contribution is 0.0697. The molecule has 3 rings (SSSR count). The van der Waals surface area contributed by atoms with Gasteiger partial charge in [-0.1, -0.05) is 41.9 Å². The fourth-order valence-corrected chi connectivity index (χ4v) is 2.79. The van der Waals surface area contributed by atoms with Crippen molar-refractivity contribution in [2.24, 2.45) is 0 Å². The van der Waals surface area contributed by atoms with Gasteiger partial charge in [-0.15, -0.1) is 0 Å². The Morgan fingerprint density at radius 1 is 1.07 bits per heavy atom. The summed E-state index contributed by atoms with van der Waals surface area (Å²) in [5, 5.41) is 12.4. The van der Waals surface area contributed by atoms with Crippen molar-refractivity contribution in [2.75, 3.05) is 5.32 Å². The van der Waals surface area contributed by atoms with Crippen LogP contribution in [0, 0.1) is 5.82 Å². The van der Waals surface area contributed by atoms with E-state index in [9.17, 15) is 9.18 Å². The summed E-state index contributed by atoms with van der Waals surface area (Å²) in [6, 6.07) is 18.4. The highest BCUT2D eigenvalue weighted by atomic mass is 35.5. The summed E-state index contributed by atoms with van der Waals surface area (Å²) in [5.74, 6) is -0.635. The fourth-order valence-electron chi connectivity index (χ4n) is 2.53. The van der Waals surface area contributed by atoms with Crippen molar-refractivity contribution in [3.8, 4) is 5.75 Å². The maximum absolute atomic E-state index is 13.0. The Labute approximate surface area is 161 Å². The van der Waals surface area contributed by atoms with Gasteiger partial charge in [-0.2, -0.15) is 0 Å². The van der Waals surface area contributed by atoms with Crippen LogP contribution in [-0.4, -0.2) is 11.1 Å². The number of nitrogens with one attached hydrogen (secondary N) is 1. The monoisotopic (exact) mass is 385 g/mol. The molecule has 0 saturated heterocycles. The summed E-state index contributed by atoms with van der Waals surface area (Å²) in [6.07, 6.45) is 0. The minimum atomic E-state index is -1.06. The molecule has 2 N–H and O–H groups in total. The molecule has 0 bridgehead atoms. The number of rotatable bonds is 7. The maximum atomic E-state index is 13.0. The second kappa shape index (κ2) is 8.56. The Morgan fingerprint density at radius 3 is 2.52 bits per heavy atom. The highest BCUT2D eigenvalue weighted by Gasteiger charge is 2.09. The number of hydrogen-bond donors (Lipinski definition) is 2. The predicted octanol–water partition coefficient (Wildman–Crippen LogP) is 5.37. The van der Waals surface area contributed by atoms with Crippen LogP contribution in [0.15, 0.2) is 66.7 Å². The molecule has 0 saturated carbocycles. The number of hydrogen-bond acceptors (Lipinski definition) is 3. The third-order valence-electron chi connectivity index (χ3n) is 3.96. The van der Waals surface area contributed by atoms with Gasteiger partial charge in [0.05, 0.1) is 10.6 Å². The van der Waals surface area contributed by atoms with E-state index in [2.05, 4.69) is 5.32 Å². The number of halogens is 2. The lowest BCUT2D eigenvalue weighted by Gasteiger charge is -2.13. The van der Waals surface area contributed by atoms with Crippen molar-refractivity contribution in [3.05, 3.63) is 94.3 Å². The molecule has 27 heavy (non-hydrogen) atoms. The molecule has 0 fully saturated rings. The van der Waals surface area contributed by atoms with Gasteiger partial charge in [0.15, 0.2) is 0 Å². The number of benzene rings is 3. The molecule has 6 heteroatoms. The van der Waals surface area contributed by atoms with E-state index in [4.69, 9.17) is 21.4 Å². The lowest BCUT2D eigenvalue weighted by Crippen LogP contribution is -2.04. The van der Waals surface area contributed by atoms with Gasteiger partial charge in [-0.05, 0) is 42.0 Å². The fraction of sp³-hybridized carbons (Fsp3) is 0.0952. The third kappa shape index (κ3) is 4.99. The summed E-state index contributed by atoms with van der Waals surface area (Å²) in [4.78, 5) is 11.0. The quantitative estimate of drug-likeness (QED) is 0.574. The molecule has 0 amide bonds. The van der Waals surface area contributed by atoms with Crippen molar-refractivity contribution in [3.63, 3.8) is 0 Å². The number of ether oxygens (including phenoxy) is 1. The van der Waals surface area contributed by atoms with Crippen LogP contribution in [0.3, 0.4) is 0 Å². The van der Waals surface area contributed by atoms with Crippen LogP contribution in [-0.2, 0) is 13.2 Å². The van der Waals surface area contributed by atoms with Crippen molar-refractivity contribution >= 4 is 23.3 Å². The molecule has 0 aliphatic carbocycles. The van der Waals surface area contributed by atoms with Crippen LogP contribution in [0.4, 0.5) is 10.1 Å². The van der Waals surface area contributed by atoms with Crippen LogP contribution in [0.2, 0.25) is 5.02 Å². The van der Waals surface area contributed by atoms with E-state index < -0.39 is 5.97 Å². The predicted molar refractivity (Wildman–Crippen MR) is 103 cm³/mol. The topological polar surface area (TPSA) is 58.6 Å². The van der Waals surface area contributed by atoms with Crippen LogP contribution >= 0.6 is 11.6 Å². The SMILES string of the molecule is O=C(O)c1ccc(NCc2ccccc2OCc2ccc(F)cc2)cc1Cl. The van der Waals surface area contributed by atoms with Crippen molar-refractivity contribution in [2.45, 2.75) is 13.2 Å². The summed E-state index contributed by atoms with van der Waals surface area (Å²) < 4.78 is 18.8. The van der Waals surface area contributed by atoms with Crippen molar-refractivity contribution in [1.29, 1.82) is 0 Å². The van der Waals surface area contributed by atoms with E-state index >= 15 is 0 Å². The Balaban J connectivity index is 1.66. The molecule has 0 unspecified atom stereocenters. The standard InChI is InChI=1S/C21H17ClFNO3/c22-19-11-17(9-10-18(19)21(25)26)24-12-15-3-1-2-4-20(15)27-13-14-5-7-16(23)8-6-14/h1-11,24H,12-13H2,(H,25,26). The van der Waals surface area contributed by atoms with E-state index in [0.29, 0.717) is 24.6 Å². The molecular weight excluding hydrogens is 369 g/mol. The van der Waals surface area contributed by atoms with Crippen molar-refractivity contribution < 1.29 is 19.0 Å². The lowest BCUT2D eigenvalue weighted by atomic mass is 10.1. The molecule has 3 aromatic carbocycles. The molecule has 0 aliphatic heterocycles. The minimum Gasteiger partial charge on any atom is -0.489 e. The van der Waals surface area contributed by atoms with Crippen LogP contribution in [0.1, 0.15) is 21.5 Å². The Hall–Kier alpha value is -3.05. The Bertz CT molecular complexity index is 944. The summed E-state index contributed by atoms with van der Waals surface area (Å²) in [7, 11) is 0. The first-order chi connectivity index (χ1) is 13.0. The summed E-state index contributed by atoms with van der Waals surface area (Å²) >= 11 is 5.99. The highest BCUT2D eigenvalue weighted by Crippen LogP contribution is 2.24. The Kier molecular flexibility index (Phi) is 5.94. The van der Waals surface area contributed by atoms with Crippen LogP contribution in [0.5, 0.6) is 5.75 Å². The second-order valence-corrected chi connectivity index (χ2v) is 6.28. The van der Waals surface area contributed by atoms with E-state index in [1.807, 2.05) is 24.3 Å². The van der Waals surface area contributed by atoms with Crippen LogP contribution < -0.4 is 10.1 Å². The first-order valence-corrected chi connectivity index (χ1v) is 8.62. The summed E-state index contributed by atoms with van der Waals surface area (Å²) in [6.45, 7) is 0.804. The van der Waals surface area contributed by atoms with Crippen molar-refractivity contribution in [1.82, 2.24) is 0 Å². The van der Waals surface area contributed by atoms with Gasteiger partial charge in [-0.25, -0.2) is 9.18 Å². The van der Waals surface area contributed by atoms with E-state index in [-0.39, 0.29) is 16.4 Å². The third-order valence-corrected chi connectivity index (χ3v) is 4.28. The zero-order chi connectivity index (χ0) is 19.2. The number of aromatic carboxylic acids is 1. The number of carboxylic acid groups (broad SMARTS) is 1. The largest absolute Gasteiger partial charge is 0.489 e. The maximum Gasteiger partial charge on any atom is 0.337 e. The molecule has 0 aliphatic rings. The van der Waals surface area contributed by atoms with E-state index in [0.717, 1.165) is 11.1 Å². The minimum absolute atomic E-state index is 0.0604. The zero-order valence-corrected chi connectivity index (χ0v) is 15.0. The highest BCUT2D eigenvalue weighted by molar-refractivity contribution is 6.33. The van der Waals surface area contributed by atoms with Gasteiger partial charge in [0.25, 0.3) is 0 Å². The number of anilines is 1. The molecule has 0 atom stereocenters. The van der Waals surface area contributed by atoms with Gasteiger partial charge in [-0.3, -0.25) is 0 Å². The average Bonchev–Trinajstić information content (AvgIpc) is 2.66. The first-order valence-electron chi connectivity index (χ1n) is 8.25. The molecule has 138 valence electrons. The van der Waals surface area contributed by atoms with E-state index in [1.165, 1.54) is 18.2 Å². The average molecular weight is 386 g/mol.